The molecule has 1 atom stereocenters. The predicted octanol–water partition coefficient (Wildman–Crippen LogP) is 8.09. The summed E-state index contributed by atoms with van der Waals surface area (Å²) in [5.74, 6) is 0.447. The van der Waals surface area contributed by atoms with Gasteiger partial charge in [-0.25, -0.2) is 4.79 Å². The molecular formula is C35H46N2O4. The lowest BCUT2D eigenvalue weighted by Crippen LogP contribution is -2.39. The largest absolute Gasteiger partial charge is 0.497 e. The zero-order chi connectivity index (χ0) is 29.9. The lowest BCUT2D eigenvalue weighted by atomic mass is 9.81. The second-order valence-corrected chi connectivity index (χ2v) is 12.7. The van der Waals surface area contributed by atoms with Crippen molar-refractivity contribution in [3.8, 4) is 28.0 Å². The van der Waals surface area contributed by atoms with Crippen molar-refractivity contribution in [2.45, 2.75) is 79.9 Å². The molecule has 3 aromatic rings. The first-order chi connectivity index (χ1) is 19.3. The third kappa shape index (κ3) is 7.10. The SMILES string of the molecule is CCOC(=O)[C@@H](OC(C)(C)C)c1c(C)nc(C)c(-c2ccc(-c3cccc(OC)c3)cc2)c1N1CCC(C)(C)CC1. The van der Waals surface area contributed by atoms with Crippen LogP contribution in [0.25, 0.3) is 22.3 Å². The Balaban J connectivity index is 1.91. The Morgan fingerprint density at radius 3 is 2.20 bits per heavy atom. The molecule has 0 radical (unpaired) electrons. The molecule has 0 unspecified atom stereocenters. The van der Waals surface area contributed by atoms with Gasteiger partial charge in [0.15, 0.2) is 6.10 Å². The molecule has 1 fully saturated rings. The summed E-state index contributed by atoms with van der Waals surface area (Å²) < 4.78 is 17.5. The van der Waals surface area contributed by atoms with Gasteiger partial charge in [0, 0.05) is 35.6 Å². The average molecular weight is 559 g/mol. The van der Waals surface area contributed by atoms with Crippen LogP contribution in [0.2, 0.25) is 0 Å². The Bertz CT molecular complexity index is 1360. The van der Waals surface area contributed by atoms with Crippen LogP contribution >= 0.6 is 0 Å². The van der Waals surface area contributed by atoms with E-state index in [-0.39, 0.29) is 18.0 Å². The number of nitrogens with zero attached hydrogens (tertiary/aromatic N) is 2. The van der Waals surface area contributed by atoms with E-state index in [4.69, 9.17) is 19.2 Å². The highest BCUT2D eigenvalue weighted by Crippen LogP contribution is 2.45. The molecular weight excluding hydrogens is 512 g/mol. The summed E-state index contributed by atoms with van der Waals surface area (Å²) in [4.78, 5) is 20.9. The second kappa shape index (κ2) is 12.2. The van der Waals surface area contributed by atoms with Gasteiger partial charge in [-0.05, 0) is 88.6 Å². The van der Waals surface area contributed by atoms with Crippen molar-refractivity contribution in [1.82, 2.24) is 4.98 Å². The summed E-state index contributed by atoms with van der Waals surface area (Å²) in [5, 5.41) is 0. The number of aryl methyl sites for hydroxylation is 2. The highest BCUT2D eigenvalue weighted by molar-refractivity contribution is 5.89. The number of carbonyl (C=O) groups is 1. The molecule has 6 nitrogen and oxygen atoms in total. The van der Waals surface area contributed by atoms with Gasteiger partial charge in [0.2, 0.25) is 0 Å². The zero-order valence-electron chi connectivity index (χ0n) is 26.3. The number of hydrogen-bond donors (Lipinski definition) is 0. The van der Waals surface area contributed by atoms with Crippen molar-refractivity contribution in [2.24, 2.45) is 5.41 Å². The third-order valence-corrected chi connectivity index (χ3v) is 7.82. The van der Waals surface area contributed by atoms with Gasteiger partial charge in [-0.15, -0.1) is 0 Å². The maximum atomic E-state index is 13.5. The van der Waals surface area contributed by atoms with E-state index in [0.29, 0.717) is 0 Å². The van der Waals surface area contributed by atoms with Crippen molar-refractivity contribution in [2.75, 3.05) is 31.7 Å². The summed E-state index contributed by atoms with van der Waals surface area (Å²) in [6, 6.07) is 16.7. The van der Waals surface area contributed by atoms with Gasteiger partial charge in [-0.2, -0.15) is 0 Å². The second-order valence-electron chi connectivity index (χ2n) is 12.7. The predicted molar refractivity (Wildman–Crippen MR) is 167 cm³/mol. The van der Waals surface area contributed by atoms with E-state index in [1.54, 1.807) is 7.11 Å². The fourth-order valence-corrected chi connectivity index (χ4v) is 5.60. The van der Waals surface area contributed by atoms with Crippen LogP contribution in [-0.2, 0) is 14.3 Å². The molecule has 1 saturated heterocycles. The molecule has 0 spiro atoms. The lowest BCUT2D eigenvalue weighted by molar-refractivity contribution is -0.166. The van der Waals surface area contributed by atoms with Crippen LogP contribution in [0, 0.1) is 19.3 Å². The number of pyridine rings is 1. The van der Waals surface area contributed by atoms with Crippen molar-refractivity contribution in [3.63, 3.8) is 0 Å². The average Bonchev–Trinajstić information content (AvgIpc) is 2.91. The molecule has 0 aliphatic carbocycles. The van der Waals surface area contributed by atoms with E-state index in [1.807, 2.05) is 52.8 Å². The first-order valence-electron chi connectivity index (χ1n) is 14.7. The van der Waals surface area contributed by atoms with E-state index < -0.39 is 11.7 Å². The zero-order valence-corrected chi connectivity index (χ0v) is 26.3. The number of hydrogen-bond acceptors (Lipinski definition) is 6. The topological polar surface area (TPSA) is 60.9 Å². The summed E-state index contributed by atoms with van der Waals surface area (Å²) in [7, 11) is 1.68. The molecule has 1 aromatic heterocycles. The molecule has 0 N–H and O–H groups in total. The lowest BCUT2D eigenvalue weighted by Gasteiger charge is -2.41. The normalized spacial score (nSPS) is 15.9. The van der Waals surface area contributed by atoms with Gasteiger partial charge in [-0.1, -0.05) is 50.2 Å². The Morgan fingerprint density at radius 1 is 0.976 bits per heavy atom. The molecule has 6 heteroatoms. The standard InChI is InChI=1S/C35H46N2O4/c1-10-40-33(38)32(41-34(4,5)6)30-24(3)36-23(2)29(31(30)37-20-18-35(7,8)19-21-37)26-16-14-25(15-17-26)27-12-11-13-28(22-27)39-9/h11-17,22,32H,10,18-21H2,1-9H3/t32-/m0/s1. The number of esters is 1. The minimum atomic E-state index is -0.886. The Labute approximate surface area is 246 Å². The van der Waals surface area contributed by atoms with Crippen LogP contribution in [0.1, 0.15) is 77.4 Å². The summed E-state index contributed by atoms with van der Waals surface area (Å²) in [5.41, 5.74) is 7.55. The monoisotopic (exact) mass is 558 g/mol. The van der Waals surface area contributed by atoms with Gasteiger partial charge in [0.05, 0.1) is 25.0 Å². The van der Waals surface area contributed by atoms with E-state index in [1.165, 1.54) is 0 Å². The van der Waals surface area contributed by atoms with Crippen LogP contribution in [0.15, 0.2) is 48.5 Å². The van der Waals surface area contributed by atoms with Crippen LogP contribution in [0.3, 0.4) is 0 Å². The quantitative estimate of drug-likeness (QED) is 0.260. The summed E-state index contributed by atoms with van der Waals surface area (Å²) in [6.07, 6.45) is 1.24. The van der Waals surface area contributed by atoms with Gasteiger partial charge in [0.1, 0.15) is 5.75 Å². The van der Waals surface area contributed by atoms with Crippen molar-refractivity contribution in [1.29, 1.82) is 0 Å². The van der Waals surface area contributed by atoms with E-state index in [9.17, 15) is 4.79 Å². The minimum absolute atomic E-state index is 0.273. The third-order valence-electron chi connectivity index (χ3n) is 7.82. The molecule has 1 aliphatic rings. The van der Waals surface area contributed by atoms with Crippen molar-refractivity contribution in [3.05, 3.63) is 65.5 Å². The van der Waals surface area contributed by atoms with E-state index in [2.05, 4.69) is 56.0 Å². The number of aromatic nitrogens is 1. The highest BCUT2D eigenvalue weighted by Gasteiger charge is 2.37. The van der Waals surface area contributed by atoms with Crippen molar-refractivity contribution >= 4 is 11.7 Å². The molecule has 0 saturated carbocycles. The number of ether oxygens (including phenoxy) is 3. The Hall–Kier alpha value is -3.38. The first-order valence-corrected chi connectivity index (χ1v) is 14.7. The molecule has 0 amide bonds. The van der Waals surface area contributed by atoms with Crippen LogP contribution in [0.5, 0.6) is 5.75 Å². The highest BCUT2D eigenvalue weighted by atomic mass is 16.6. The van der Waals surface area contributed by atoms with Crippen molar-refractivity contribution < 1.29 is 19.0 Å². The van der Waals surface area contributed by atoms with Gasteiger partial charge in [0.25, 0.3) is 0 Å². The fourth-order valence-electron chi connectivity index (χ4n) is 5.60. The smallest absolute Gasteiger partial charge is 0.340 e. The van der Waals surface area contributed by atoms with Crippen LogP contribution < -0.4 is 9.64 Å². The van der Waals surface area contributed by atoms with Gasteiger partial charge >= 0.3 is 5.97 Å². The number of rotatable bonds is 8. The maximum Gasteiger partial charge on any atom is 0.340 e. The number of anilines is 1. The molecule has 41 heavy (non-hydrogen) atoms. The maximum absolute atomic E-state index is 13.5. The number of benzene rings is 2. The number of methoxy groups -OCH3 is 1. The molecule has 2 heterocycles. The van der Waals surface area contributed by atoms with E-state index >= 15 is 0 Å². The Kier molecular flexibility index (Phi) is 9.13. The molecule has 220 valence electrons. The number of carbonyl (C=O) groups excluding carboxylic acids is 1. The number of piperidine rings is 1. The van der Waals surface area contributed by atoms with Crippen LogP contribution in [-0.4, -0.2) is 43.4 Å². The molecule has 1 aliphatic heterocycles. The van der Waals surface area contributed by atoms with E-state index in [0.717, 1.165) is 76.6 Å². The fraction of sp³-hybridized carbons (Fsp3) is 0.486. The van der Waals surface area contributed by atoms with Gasteiger partial charge < -0.3 is 19.1 Å². The molecule has 0 bridgehead atoms. The minimum Gasteiger partial charge on any atom is -0.497 e. The summed E-state index contributed by atoms with van der Waals surface area (Å²) in [6.45, 7) is 18.5. The molecule has 2 aromatic carbocycles. The summed E-state index contributed by atoms with van der Waals surface area (Å²) >= 11 is 0. The molecule has 4 rings (SSSR count). The Morgan fingerprint density at radius 2 is 1.61 bits per heavy atom. The first kappa shape index (κ1) is 30.6. The van der Waals surface area contributed by atoms with Crippen LogP contribution in [0.4, 0.5) is 5.69 Å². The van der Waals surface area contributed by atoms with Gasteiger partial charge in [-0.3, -0.25) is 4.98 Å².